The summed E-state index contributed by atoms with van der Waals surface area (Å²) in [6.07, 6.45) is -5.41. The van der Waals surface area contributed by atoms with Crippen molar-refractivity contribution in [2.45, 2.75) is 37.8 Å². The number of anilines is 1. The second-order valence-electron chi connectivity index (χ2n) is 7.08. The zero-order valence-electron chi connectivity index (χ0n) is 16.1. The van der Waals surface area contributed by atoms with E-state index in [0.717, 1.165) is 18.8 Å². The van der Waals surface area contributed by atoms with Crippen molar-refractivity contribution in [1.29, 1.82) is 0 Å². The Morgan fingerprint density at radius 2 is 1.77 bits per heavy atom. The van der Waals surface area contributed by atoms with Gasteiger partial charge < -0.3 is 9.88 Å². The molecule has 172 valence electrons. The van der Waals surface area contributed by atoms with E-state index in [4.69, 9.17) is 0 Å². The van der Waals surface area contributed by atoms with Gasteiger partial charge in [0.25, 0.3) is 0 Å². The largest absolute Gasteiger partial charge is 0.420 e. The van der Waals surface area contributed by atoms with Crippen LogP contribution in [0, 0.1) is 0 Å². The van der Waals surface area contributed by atoms with Crippen molar-refractivity contribution in [3.8, 4) is 11.4 Å². The first-order valence-electron chi connectivity index (χ1n) is 8.97. The number of aromatic nitrogens is 4. The Hall–Kier alpha value is -2.42. The number of sulfonamides is 1. The van der Waals surface area contributed by atoms with Crippen LogP contribution in [-0.2, 0) is 22.7 Å². The van der Waals surface area contributed by atoms with Gasteiger partial charge in [-0.3, -0.25) is 0 Å². The Labute approximate surface area is 173 Å². The predicted molar refractivity (Wildman–Crippen MR) is 97.4 cm³/mol. The number of rotatable bonds is 5. The number of nitrogens with zero attached hydrogens (tertiary/aromatic N) is 5. The van der Waals surface area contributed by atoms with Crippen molar-refractivity contribution in [3.63, 3.8) is 0 Å². The minimum atomic E-state index is -4.84. The zero-order valence-corrected chi connectivity index (χ0v) is 16.9. The van der Waals surface area contributed by atoms with Gasteiger partial charge in [0.05, 0.1) is 12.6 Å². The molecule has 0 unspecified atom stereocenters. The van der Waals surface area contributed by atoms with Gasteiger partial charge in [0.15, 0.2) is 0 Å². The van der Waals surface area contributed by atoms with Gasteiger partial charge in [0.2, 0.25) is 16.0 Å². The summed E-state index contributed by atoms with van der Waals surface area (Å²) < 4.78 is 103. The van der Waals surface area contributed by atoms with Crippen molar-refractivity contribution in [2.24, 2.45) is 0 Å². The SMILES string of the molecule is CS(=O)(=O)N1CCC(Nc2ncc(C(F)(F)F)c(-c3cn(CC(F)(F)F)cn3)n2)CC1. The molecule has 1 fully saturated rings. The van der Waals surface area contributed by atoms with Crippen LogP contribution in [0.15, 0.2) is 18.7 Å². The van der Waals surface area contributed by atoms with Gasteiger partial charge in [-0.15, -0.1) is 0 Å². The number of hydrogen-bond donors (Lipinski definition) is 1. The number of piperidine rings is 1. The molecule has 0 amide bonds. The lowest BCUT2D eigenvalue weighted by Crippen LogP contribution is -2.42. The number of halogens is 6. The lowest BCUT2D eigenvalue weighted by atomic mass is 10.1. The van der Waals surface area contributed by atoms with Crippen LogP contribution in [0.1, 0.15) is 18.4 Å². The van der Waals surface area contributed by atoms with E-state index in [9.17, 15) is 34.8 Å². The summed E-state index contributed by atoms with van der Waals surface area (Å²) in [6, 6.07) is -0.287. The summed E-state index contributed by atoms with van der Waals surface area (Å²) in [4.78, 5) is 11.2. The fourth-order valence-electron chi connectivity index (χ4n) is 3.14. The topological polar surface area (TPSA) is 93.0 Å². The molecule has 8 nitrogen and oxygen atoms in total. The Morgan fingerprint density at radius 1 is 1.13 bits per heavy atom. The van der Waals surface area contributed by atoms with E-state index in [2.05, 4.69) is 20.3 Å². The molecule has 0 spiro atoms. The van der Waals surface area contributed by atoms with Gasteiger partial charge in [-0.25, -0.2) is 27.7 Å². The third-order valence-electron chi connectivity index (χ3n) is 4.59. The van der Waals surface area contributed by atoms with Crippen molar-refractivity contribution >= 4 is 16.0 Å². The first-order valence-corrected chi connectivity index (χ1v) is 10.8. The first kappa shape index (κ1) is 23.2. The smallest absolute Gasteiger partial charge is 0.351 e. The Morgan fingerprint density at radius 3 is 2.32 bits per heavy atom. The highest BCUT2D eigenvalue weighted by Gasteiger charge is 2.37. The number of nitrogens with one attached hydrogen (secondary N) is 1. The summed E-state index contributed by atoms with van der Waals surface area (Å²) >= 11 is 0. The van der Waals surface area contributed by atoms with Crippen molar-refractivity contribution in [1.82, 2.24) is 23.8 Å². The molecule has 1 aliphatic heterocycles. The molecule has 0 aromatic carbocycles. The molecule has 0 atom stereocenters. The molecule has 1 N–H and O–H groups in total. The summed E-state index contributed by atoms with van der Waals surface area (Å²) in [5, 5.41) is 2.86. The van der Waals surface area contributed by atoms with E-state index in [-0.39, 0.29) is 30.8 Å². The molecule has 31 heavy (non-hydrogen) atoms. The highest BCUT2D eigenvalue weighted by atomic mass is 32.2. The Bertz CT molecular complexity index is 1030. The monoisotopic (exact) mass is 472 g/mol. The average molecular weight is 472 g/mol. The molecule has 0 aliphatic carbocycles. The number of hydrogen-bond acceptors (Lipinski definition) is 6. The van der Waals surface area contributed by atoms with E-state index in [1.807, 2.05) is 0 Å². The summed E-state index contributed by atoms with van der Waals surface area (Å²) in [5.41, 5.74) is -2.27. The second kappa shape index (κ2) is 8.26. The highest BCUT2D eigenvalue weighted by Crippen LogP contribution is 2.36. The molecular weight excluding hydrogens is 454 g/mol. The molecule has 2 aromatic heterocycles. The van der Waals surface area contributed by atoms with Crippen molar-refractivity contribution in [2.75, 3.05) is 24.7 Å². The second-order valence-corrected chi connectivity index (χ2v) is 9.06. The molecule has 0 bridgehead atoms. The molecule has 0 radical (unpaired) electrons. The van der Waals surface area contributed by atoms with E-state index in [0.29, 0.717) is 23.6 Å². The predicted octanol–water partition coefficient (Wildman–Crippen LogP) is 2.76. The normalized spacial score (nSPS) is 17.1. The molecule has 15 heteroatoms. The van der Waals surface area contributed by atoms with Crippen LogP contribution in [0.25, 0.3) is 11.4 Å². The van der Waals surface area contributed by atoms with Crippen LogP contribution in [0.3, 0.4) is 0 Å². The van der Waals surface area contributed by atoms with Crippen LogP contribution in [0.5, 0.6) is 0 Å². The standard InChI is InChI=1S/C16H18F6N6O2S/c1-31(29,30)28-4-2-10(3-5-28)25-14-23-6-11(16(20,21)22)13(26-14)12-7-27(9-24-12)8-15(17,18)19/h6-7,9-10H,2-5,8H2,1H3,(H,23,25,26). The quantitative estimate of drug-likeness (QED) is 0.673. The maximum Gasteiger partial charge on any atom is 0.420 e. The minimum absolute atomic E-state index is 0.161. The molecule has 0 saturated carbocycles. The fourth-order valence-corrected chi connectivity index (χ4v) is 4.02. The first-order chi connectivity index (χ1) is 14.2. The van der Waals surface area contributed by atoms with Gasteiger partial charge in [0, 0.05) is 31.5 Å². The lowest BCUT2D eigenvalue weighted by molar-refractivity contribution is -0.140. The maximum absolute atomic E-state index is 13.4. The van der Waals surface area contributed by atoms with Crippen LogP contribution in [0.2, 0.25) is 0 Å². The fraction of sp³-hybridized carbons (Fsp3) is 0.562. The Kier molecular flexibility index (Phi) is 6.19. The third kappa shape index (κ3) is 6.06. The van der Waals surface area contributed by atoms with Gasteiger partial charge in [-0.1, -0.05) is 0 Å². The van der Waals surface area contributed by atoms with E-state index >= 15 is 0 Å². The summed E-state index contributed by atoms with van der Waals surface area (Å²) in [5.74, 6) is -0.161. The Balaban J connectivity index is 1.83. The molecule has 1 aliphatic rings. The lowest BCUT2D eigenvalue weighted by Gasteiger charge is -2.30. The summed E-state index contributed by atoms with van der Waals surface area (Å²) in [7, 11) is -3.34. The number of imidazole rings is 1. The van der Waals surface area contributed by atoms with E-state index < -0.39 is 40.2 Å². The van der Waals surface area contributed by atoms with Crippen molar-refractivity contribution in [3.05, 3.63) is 24.3 Å². The minimum Gasteiger partial charge on any atom is -0.351 e. The van der Waals surface area contributed by atoms with Gasteiger partial charge in [0.1, 0.15) is 23.5 Å². The summed E-state index contributed by atoms with van der Waals surface area (Å²) in [6.45, 7) is -0.950. The van der Waals surface area contributed by atoms with E-state index in [1.165, 1.54) is 4.31 Å². The highest BCUT2D eigenvalue weighted by molar-refractivity contribution is 7.88. The van der Waals surface area contributed by atoms with E-state index in [1.54, 1.807) is 0 Å². The van der Waals surface area contributed by atoms with Crippen LogP contribution in [0.4, 0.5) is 32.3 Å². The molecule has 3 heterocycles. The molecular formula is C16H18F6N6O2S. The average Bonchev–Trinajstić information content (AvgIpc) is 3.07. The van der Waals surface area contributed by atoms with Gasteiger partial charge >= 0.3 is 12.4 Å². The molecule has 2 aromatic rings. The van der Waals surface area contributed by atoms with Crippen LogP contribution in [-0.4, -0.2) is 63.8 Å². The number of alkyl halides is 6. The zero-order chi connectivity index (χ0) is 23.0. The molecule has 3 rings (SSSR count). The van der Waals surface area contributed by atoms with Gasteiger partial charge in [-0.2, -0.15) is 26.3 Å². The maximum atomic E-state index is 13.4. The third-order valence-corrected chi connectivity index (χ3v) is 5.89. The van der Waals surface area contributed by atoms with Crippen LogP contribution >= 0.6 is 0 Å². The van der Waals surface area contributed by atoms with Gasteiger partial charge in [-0.05, 0) is 12.8 Å². The molecule has 1 saturated heterocycles. The van der Waals surface area contributed by atoms with Crippen molar-refractivity contribution < 1.29 is 34.8 Å². The van der Waals surface area contributed by atoms with Crippen LogP contribution < -0.4 is 5.32 Å².